The van der Waals surface area contributed by atoms with Gasteiger partial charge >= 0.3 is 0 Å². The van der Waals surface area contributed by atoms with E-state index in [-0.39, 0.29) is 11.0 Å². The molecule has 0 bridgehead atoms. The van der Waals surface area contributed by atoms with Crippen LogP contribution in [0.15, 0.2) is 34.6 Å². The molecule has 4 nitrogen and oxygen atoms in total. The minimum atomic E-state index is -3.09. The van der Waals surface area contributed by atoms with Gasteiger partial charge in [-0.2, -0.15) is 0 Å². The van der Waals surface area contributed by atoms with E-state index in [0.29, 0.717) is 4.90 Å². The summed E-state index contributed by atoms with van der Waals surface area (Å²) in [6.07, 6.45) is 1.62. The number of hydrogen-bond acceptors (Lipinski definition) is 2. The number of fused-ring (bicyclic) bond motifs is 1. The lowest BCUT2D eigenvalue weighted by atomic mass is 10.2. The van der Waals surface area contributed by atoms with E-state index in [1.165, 1.54) is 5.41 Å². The Kier molecular flexibility index (Phi) is 3.36. The molecule has 0 aliphatic carbocycles. The van der Waals surface area contributed by atoms with Gasteiger partial charge in [0.05, 0.1) is 4.90 Å². The third-order valence-electron chi connectivity index (χ3n) is 1.65. The van der Waals surface area contributed by atoms with Crippen LogP contribution in [-0.4, -0.2) is 19.4 Å². The van der Waals surface area contributed by atoms with Gasteiger partial charge in [0, 0.05) is 5.41 Å². The summed E-state index contributed by atoms with van der Waals surface area (Å²) < 4.78 is 22.3. The summed E-state index contributed by atoms with van der Waals surface area (Å²) in [5.41, 5.74) is 0.785. The zero-order valence-corrected chi connectivity index (χ0v) is 7.51. The molecular weight excluding hydrogens is 192 g/mol. The lowest BCUT2D eigenvalue weighted by Gasteiger charge is -1.94. The van der Waals surface area contributed by atoms with Gasteiger partial charge in [-0.25, -0.2) is 8.42 Å². The predicted octanol–water partition coefficient (Wildman–Crippen LogP) is -0.205. The molecule has 0 saturated heterocycles. The highest BCUT2D eigenvalue weighted by atomic mass is 32.2. The molecule has 5 heteroatoms. The van der Waals surface area contributed by atoms with E-state index in [2.05, 4.69) is 0 Å². The number of hydrogen-bond donors (Lipinski definition) is 0. The van der Waals surface area contributed by atoms with Crippen molar-refractivity contribution < 1.29 is 19.4 Å². The van der Waals surface area contributed by atoms with Gasteiger partial charge in [0.25, 0.3) is 0 Å². The molecule has 1 aromatic rings. The summed E-state index contributed by atoms with van der Waals surface area (Å²) in [6, 6.07) is 6.95. The molecule has 0 atom stereocenters. The highest BCUT2D eigenvalue weighted by Crippen LogP contribution is 2.25. The second kappa shape index (κ2) is 3.69. The predicted molar refractivity (Wildman–Crippen MR) is 49.9 cm³/mol. The zero-order chi connectivity index (χ0) is 7.90. The van der Waals surface area contributed by atoms with Crippen molar-refractivity contribution in [3.05, 3.63) is 35.2 Å². The zero-order valence-electron chi connectivity index (χ0n) is 6.69. The Labute approximate surface area is 76.1 Å². The Balaban J connectivity index is 0.000000720. The van der Waals surface area contributed by atoms with Gasteiger partial charge < -0.3 is 11.0 Å². The average molecular weight is 202 g/mol. The lowest BCUT2D eigenvalue weighted by molar-refractivity contribution is 0.605. The smallest absolute Gasteiger partial charge is 0.200 e. The van der Waals surface area contributed by atoms with E-state index in [4.69, 9.17) is 0 Å². The molecule has 1 aromatic carbocycles. The van der Waals surface area contributed by atoms with E-state index >= 15 is 0 Å². The molecule has 4 N–H and O–H groups in total. The fraction of sp³-hybridized carbons (Fsp3) is 0. The van der Waals surface area contributed by atoms with Crippen molar-refractivity contribution >= 4 is 15.9 Å². The molecule has 0 fully saturated rings. The molecule has 0 aromatic heterocycles. The summed E-state index contributed by atoms with van der Waals surface area (Å²) >= 11 is 0. The molecule has 0 spiro atoms. The maximum absolute atomic E-state index is 11.2. The minimum absolute atomic E-state index is 0. The lowest BCUT2D eigenvalue weighted by Crippen LogP contribution is -1.91. The summed E-state index contributed by atoms with van der Waals surface area (Å²) in [6.45, 7) is 0. The van der Waals surface area contributed by atoms with Crippen molar-refractivity contribution in [1.82, 2.24) is 0 Å². The number of rotatable bonds is 0. The van der Waals surface area contributed by atoms with Crippen molar-refractivity contribution in [3.8, 4) is 0 Å². The molecule has 1 aliphatic heterocycles. The number of benzene rings is 1. The SMILES string of the molecule is O.O.O=S1(=O)C=Cc2ccccc21. The highest BCUT2D eigenvalue weighted by Gasteiger charge is 2.18. The Morgan fingerprint density at radius 2 is 1.62 bits per heavy atom. The fourth-order valence-electron chi connectivity index (χ4n) is 1.11. The highest BCUT2D eigenvalue weighted by molar-refractivity contribution is 7.94. The molecule has 72 valence electrons. The van der Waals surface area contributed by atoms with Crippen molar-refractivity contribution in [2.45, 2.75) is 4.90 Å². The summed E-state index contributed by atoms with van der Waals surface area (Å²) in [7, 11) is -3.09. The first-order valence-corrected chi connectivity index (χ1v) is 4.77. The second-order valence-electron chi connectivity index (χ2n) is 2.39. The molecule has 2 rings (SSSR count). The minimum Gasteiger partial charge on any atom is -0.412 e. The van der Waals surface area contributed by atoms with Crippen LogP contribution in [0.1, 0.15) is 5.56 Å². The van der Waals surface area contributed by atoms with Gasteiger partial charge in [-0.3, -0.25) is 0 Å². The second-order valence-corrected chi connectivity index (χ2v) is 4.19. The van der Waals surface area contributed by atoms with E-state index in [9.17, 15) is 8.42 Å². The summed E-state index contributed by atoms with van der Waals surface area (Å²) in [5.74, 6) is 0. The van der Waals surface area contributed by atoms with Crippen molar-refractivity contribution in [1.29, 1.82) is 0 Å². The molecule has 0 saturated carbocycles. The summed E-state index contributed by atoms with van der Waals surface area (Å²) in [5, 5.41) is 1.23. The van der Waals surface area contributed by atoms with Gasteiger partial charge in [-0.05, 0) is 17.7 Å². The van der Waals surface area contributed by atoms with Crippen LogP contribution in [0.2, 0.25) is 0 Å². The number of sulfone groups is 1. The van der Waals surface area contributed by atoms with E-state index in [0.717, 1.165) is 5.56 Å². The third kappa shape index (κ3) is 1.77. The van der Waals surface area contributed by atoms with Crippen molar-refractivity contribution in [3.63, 3.8) is 0 Å². The summed E-state index contributed by atoms with van der Waals surface area (Å²) in [4.78, 5) is 0.417. The molecule has 0 unspecified atom stereocenters. The van der Waals surface area contributed by atoms with Crippen LogP contribution < -0.4 is 0 Å². The van der Waals surface area contributed by atoms with Crippen LogP contribution in [0, 0.1) is 0 Å². The van der Waals surface area contributed by atoms with Crippen LogP contribution in [-0.2, 0) is 9.84 Å². The molecule has 1 aliphatic rings. The topological polar surface area (TPSA) is 97.1 Å². The molecular formula is C8H10O4S. The molecule has 0 amide bonds. The molecule has 1 heterocycles. The van der Waals surface area contributed by atoms with Gasteiger partial charge in [-0.1, -0.05) is 18.2 Å². The van der Waals surface area contributed by atoms with Crippen LogP contribution in [0.25, 0.3) is 6.08 Å². The first kappa shape index (κ1) is 11.8. The van der Waals surface area contributed by atoms with Gasteiger partial charge in [0.2, 0.25) is 0 Å². The van der Waals surface area contributed by atoms with E-state index < -0.39 is 9.84 Å². The average Bonchev–Trinajstić information content (AvgIpc) is 2.29. The first-order valence-electron chi connectivity index (χ1n) is 3.22. The Morgan fingerprint density at radius 3 is 2.23 bits per heavy atom. The van der Waals surface area contributed by atoms with Gasteiger partial charge in [0.15, 0.2) is 9.84 Å². The van der Waals surface area contributed by atoms with Gasteiger partial charge in [0.1, 0.15) is 0 Å². The van der Waals surface area contributed by atoms with E-state index in [1.807, 2.05) is 6.07 Å². The molecule has 0 radical (unpaired) electrons. The normalized spacial score (nSPS) is 15.4. The Bertz CT molecular complexity index is 420. The maximum Gasteiger partial charge on any atom is 0.200 e. The Morgan fingerprint density at radius 1 is 1.00 bits per heavy atom. The van der Waals surface area contributed by atoms with Crippen LogP contribution in [0.3, 0.4) is 0 Å². The maximum atomic E-state index is 11.2. The van der Waals surface area contributed by atoms with E-state index in [1.54, 1.807) is 24.3 Å². The monoisotopic (exact) mass is 202 g/mol. The third-order valence-corrected chi connectivity index (χ3v) is 3.13. The van der Waals surface area contributed by atoms with Crippen LogP contribution in [0.4, 0.5) is 0 Å². The first-order chi connectivity index (χ1) is 5.20. The van der Waals surface area contributed by atoms with Crippen LogP contribution >= 0.6 is 0 Å². The van der Waals surface area contributed by atoms with Gasteiger partial charge in [-0.15, -0.1) is 0 Å². The van der Waals surface area contributed by atoms with Crippen LogP contribution in [0.5, 0.6) is 0 Å². The quantitative estimate of drug-likeness (QED) is 0.582. The molecule has 13 heavy (non-hydrogen) atoms. The fourth-order valence-corrected chi connectivity index (χ4v) is 2.32. The standard InChI is InChI=1S/C8H6O2S.2H2O/c9-11(10)6-5-7-3-1-2-4-8(7)11;;/h1-6H;2*1H2. The largest absolute Gasteiger partial charge is 0.412 e. The Hall–Kier alpha value is -1.17. The van der Waals surface area contributed by atoms with Crippen molar-refractivity contribution in [2.24, 2.45) is 0 Å². The van der Waals surface area contributed by atoms with Crippen molar-refractivity contribution in [2.75, 3.05) is 0 Å².